The molecule has 1 aromatic carbocycles. The van der Waals surface area contributed by atoms with Crippen LogP contribution in [0, 0.1) is 5.82 Å². The van der Waals surface area contributed by atoms with Crippen molar-refractivity contribution in [2.45, 2.75) is 0 Å². The van der Waals surface area contributed by atoms with Crippen molar-refractivity contribution >= 4 is 51.9 Å². The van der Waals surface area contributed by atoms with E-state index < -0.39 is 5.82 Å². The molecule has 0 unspecified atom stereocenters. The Kier molecular flexibility index (Phi) is 3.20. The van der Waals surface area contributed by atoms with Crippen molar-refractivity contribution in [1.82, 2.24) is 14.5 Å². The molecule has 0 fully saturated rings. The number of benzene rings is 1. The average molecular weight is 332 g/mol. The van der Waals surface area contributed by atoms with Gasteiger partial charge in [-0.3, -0.25) is 4.57 Å². The molecule has 0 saturated carbocycles. The third kappa shape index (κ3) is 2.08. The Morgan fingerprint density at radius 2 is 1.75 bits per heavy atom. The summed E-state index contributed by atoms with van der Waals surface area (Å²) in [5, 5.41) is 0.225. The molecule has 3 aromatic rings. The number of aromatic nitrogens is 3. The molecule has 4 nitrogen and oxygen atoms in total. The summed E-state index contributed by atoms with van der Waals surface area (Å²) < 4.78 is 15.0. The van der Waals surface area contributed by atoms with Crippen molar-refractivity contribution in [2.24, 2.45) is 0 Å². The average Bonchev–Trinajstić information content (AvgIpc) is 2.70. The number of hydrogen-bond acceptors (Lipinski definition) is 3. The van der Waals surface area contributed by atoms with Gasteiger partial charge in [0.25, 0.3) is 0 Å². The molecule has 0 bridgehead atoms. The van der Waals surface area contributed by atoms with Gasteiger partial charge in [0.1, 0.15) is 5.52 Å². The van der Waals surface area contributed by atoms with E-state index in [9.17, 15) is 4.39 Å². The third-order valence-corrected chi connectivity index (χ3v) is 3.47. The largest absolute Gasteiger partial charge is 0.369 e. The van der Waals surface area contributed by atoms with E-state index in [1.807, 2.05) is 0 Å². The molecule has 0 spiro atoms. The molecule has 3 rings (SSSR count). The lowest BCUT2D eigenvalue weighted by molar-refractivity contribution is 0.628. The minimum absolute atomic E-state index is 0.109. The van der Waals surface area contributed by atoms with Gasteiger partial charge in [0.15, 0.2) is 11.5 Å². The molecule has 2 aromatic heterocycles. The second kappa shape index (κ2) is 4.77. The first-order valence-corrected chi connectivity index (χ1v) is 6.55. The summed E-state index contributed by atoms with van der Waals surface area (Å²) in [7, 11) is 0. The summed E-state index contributed by atoms with van der Waals surface area (Å²) in [5.41, 5.74) is 7.33. The highest BCUT2D eigenvalue weighted by Gasteiger charge is 2.15. The Hall–Kier alpha value is -1.56. The predicted molar refractivity (Wildman–Crippen MR) is 78.3 cm³/mol. The highest BCUT2D eigenvalue weighted by atomic mass is 35.5. The number of imidazole rings is 1. The smallest absolute Gasteiger partial charge is 0.207 e. The number of pyridine rings is 1. The molecule has 8 heteroatoms. The second-order valence-corrected chi connectivity index (χ2v) is 5.28. The van der Waals surface area contributed by atoms with Gasteiger partial charge in [-0.15, -0.1) is 0 Å². The quantitative estimate of drug-likeness (QED) is 0.683. The summed E-state index contributed by atoms with van der Waals surface area (Å²) in [6.45, 7) is 0. The lowest BCUT2D eigenvalue weighted by Crippen LogP contribution is -2.02. The lowest BCUT2D eigenvalue weighted by Gasteiger charge is -2.08. The molecule has 0 atom stereocenters. The molecule has 0 amide bonds. The molecular weight excluding hydrogens is 326 g/mol. The fraction of sp³-hybridized carbons (Fsp3) is 0. The van der Waals surface area contributed by atoms with Crippen LogP contribution in [0.15, 0.2) is 24.4 Å². The van der Waals surface area contributed by atoms with Crippen LogP contribution in [0.1, 0.15) is 0 Å². The van der Waals surface area contributed by atoms with E-state index in [4.69, 9.17) is 40.5 Å². The third-order valence-electron chi connectivity index (χ3n) is 2.72. The van der Waals surface area contributed by atoms with Crippen LogP contribution in [-0.4, -0.2) is 14.5 Å². The zero-order valence-electron chi connectivity index (χ0n) is 9.74. The van der Waals surface area contributed by atoms with Crippen LogP contribution in [0.4, 0.5) is 10.3 Å². The van der Waals surface area contributed by atoms with Gasteiger partial charge in [0.2, 0.25) is 5.95 Å². The van der Waals surface area contributed by atoms with Crippen molar-refractivity contribution in [3.8, 4) is 5.69 Å². The number of fused-ring (bicyclic) bond motifs is 1. The van der Waals surface area contributed by atoms with E-state index in [2.05, 4.69) is 9.97 Å². The number of rotatable bonds is 1. The Balaban J connectivity index is 2.32. The molecular formula is C12H6Cl3FN4. The summed E-state index contributed by atoms with van der Waals surface area (Å²) in [6, 6.07) is 4.43. The van der Waals surface area contributed by atoms with Crippen LogP contribution in [0.2, 0.25) is 15.1 Å². The zero-order valence-corrected chi connectivity index (χ0v) is 12.0. The molecule has 0 saturated heterocycles. The maximum atomic E-state index is 13.5. The van der Waals surface area contributed by atoms with Crippen LogP contribution in [0.25, 0.3) is 16.9 Å². The molecule has 102 valence electrons. The number of halogens is 4. The molecule has 2 heterocycles. The van der Waals surface area contributed by atoms with Crippen molar-refractivity contribution in [3.05, 3.63) is 45.3 Å². The Morgan fingerprint density at radius 3 is 2.40 bits per heavy atom. The summed E-state index contributed by atoms with van der Waals surface area (Å²) in [5.74, 6) is -0.510. The monoisotopic (exact) mass is 330 g/mol. The van der Waals surface area contributed by atoms with Gasteiger partial charge in [0, 0.05) is 6.20 Å². The van der Waals surface area contributed by atoms with Crippen molar-refractivity contribution < 1.29 is 4.39 Å². The minimum Gasteiger partial charge on any atom is -0.369 e. The van der Waals surface area contributed by atoms with Crippen LogP contribution in [-0.2, 0) is 0 Å². The summed E-state index contributed by atoms with van der Waals surface area (Å²) in [4.78, 5) is 8.31. The van der Waals surface area contributed by atoms with E-state index in [-0.39, 0.29) is 16.0 Å². The molecule has 0 aliphatic heterocycles. The number of hydrogen-bond donors (Lipinski definition) is 1. The normalized spacial score (nSPS) is 11.2. The molecule has 0 aliphatic carbocycles. The molecule has 0 aliphatic rings. The summed E-state index contributed by atoms with van der Waals surface area (Å²) >= 11 is 17.4. The van der Waals surface area contributed by atoms with Crippen LogP contribution in [0.3, 0.4) is 0 Å². The van der Waals surface area contributed by atoms with Gasteiger partial charge in [-0.25, -0.2) is 14.4 Å². The fourth-order valence-corrected chi connectivity index (χ4v) is 2.51. The van der Waals surface area contributed by atoms with Crippen molar-refractivity contribution in [1.29, 1.82) is 0 Å². The fourth-order valence-electron chi connectivity index (χ4n) is 1.88. The van der Waals surface area contributed by atoms with Gasteiger partial charge in [0.05, 0.1) is 20.8 Å². The van der Waals surface area contributed by atoms with Crippen LogP contribution in [0.5, 0.6) is 0 Å². The Morgan fingerprint density at radius 1 is 1.10 bits per heavy atom. The number of nitrogens with zero attached hydrogens (tertiary/aromatic N) is 3. The van der Waals surface area contributed by atoms with E-state index in [1.165, 1.54) is 22.9 Å². The number of anilines is 1. The maximum absolute atomic E-state index is 13.5. The SMILES string of the molecule is Nc1nc2cc(Cl)cnc2n1-c1cc(Cl)c(F)c(Cl)c1. The number of nitrogens with two attached hydrogens (primary N) is 1. The Bertz CT molecular complexity index is 808. The second-order valence-electron chi connectivity index (χ2n) is 4.03. The predicted octanol–water partition coefficient (Wildman–Crippen LogP) is 4.10. The maximum Gasteiger partial charge on any atom is 0.207 e. The summed E-state index contributed by atoms with van der Waals surface area (Å²) in [6.07, 6.45) is 1.47. The number of nitrogen functional groups attached to an aromatic ring is 1. The lowest BCUT2D eigenvalue weighted by atomic mass is 10.3. The highest BCUT2D eigenvalue weighted by Crippen LogP contribution is 2.30. The van der Waals surface area contributed by atoms with Gasteiger partial charge in [-0.05, 0) is 18.2 Å². The first kappa shape index (κ1) is 13.4. The highest BCUT2D eigenvalue weighted by molar-refractivity contribution is 6.35. The molecule has 20 heavy (non-hydrogen) atoms. The van der Waals surface area contributed by atoms with E-state index in [0.29, 0.717) is 21.9 Å². The molecule has 2 N–H and O–H groups in total. The van der Waals surface area contributed by atoms with E-state index in [0.717, 1.165) is 0 Å². The molecule has 0 radical (unpaired) electrons. The Labute approximate surface area is 127 Å². The first-order chi connectivity index (χ1) is 9.47. The van der Waals surface area contributed by atoms with Gasteiger partial charge >= 0.3 is 0 Å². The van der Waals surface area contributed by atoms with E-state index >= 15 is 0 Å². The topological polar surface area (TPSA) is 56.7 Å². The van der Waals surface area contributed by atoms with Gasteiger partial charge in [-0.2, -0.15) is 0 Å². The van der Waals surface area contributed by atoms with Crippen LogP contribution < -0.4 is 5.73 Å². The van der Waals surface area contributed by atoms with Crippen LogP contribution >= 0.6 is 34.8 Å². The van der Waals surface area contributed by atoms with Crippen molar-refractivity contribution in [2.75, 3.05) is 5.73 Å². The van der Waals surface area contributed by atoms with Gasteiger partial charge < -0.3 is 5.73 Å². The van der Waals surface area contributed by atoms with E-state index in [1.54, 1.807) is 6.07 Å². The standard InChI is InChI=1S/C12H6Cl3FN4/c13-5-1-9-11(18-4-5)20(12(17)19-9)6-2-7(14)10(16)8(15)3-6/h1-4H,(H2,17,19). The van der Waals surface area contributed by atoms with Gasteiger partial charge in [-0.1, -0.05) is 34.8 Å². The zero-order chi connectivity index (χ0) is 14.4. The minimum atomic E-state index is -0.684. The first-order valence-electron chi connectivity index (χ1n) is 5.42. The van der Waals surface area contributed by atoms with Crippen molar-refractivity contribution in [3.63, 3.8) is 0 Å².